The molecular weight excluding hydrogens is 176 g/mol. The van der Waals surface area contributed by atoms with E-state index in [0.717, 1.165) is 13.1 Å². The Hall–Kier alpha value is -0.160. The fourth-order valence-corrected chi connectivity index (χ4v) is 2.57. The minimum atomic E-state index is 0.444. The highest BCUT2D eigenvalue weighted by Crippen LogP contribution is 2.13. The van der Waals surface area contributed by atoms with Crippen LogP contribution in [-0.2, 0) is 0 Å². The van der Waals surface area contributed by atoms with Gasteiger partial charge in [-0.3, -0.25) is 20.4 Å². The highest BCUT2D eigenvalue weighted by molar-refractivity contribution is 4.86. The summed E-state index contributed by atoms with van der Waals surface area (Å²) in [6.45, 7) is 4.73. The van der Waals surface area contributed by atoms with Crippen LogP contribution in [0.25, 0.3) is 0 Å². The highest BCUT2D eigenvalue weighted by atomic mass is 15.4. The zero-order chi connectivity index (χ0) is 9.97. The normalized spacial score (nSPS) is 29.6. The molecule has 0 aromatic rings. The molecule has 4 heteroatoms. The third-order valence-corrected chi connectivity index (χ3v) is 3.31. The Balaban J connectivity index is 1.97. The van der Waals surface area contributed by atoms with Crippen LogP contribution in [0.15, 0.2) is 0 Å². The average Bonchev–Trinajstić information content (AvgIpc) is 2.19. The summed E-state index contributed by atoms with van der Waals surface area (Å²) in [6, 6.07) is 0. The van der Waals surface area contributed by atoms with Crippen molar-refractivity contribution in [3.8, 4) is 0 Å². The van der Waals surface area contributed by atoms with Gasteiger partial charge in [-0.2, -0.15) is 0 Å². The van der Waals surface area contributed by atoms with E-state index in [1.54, 1.807) is 0 Å². The van der Waals surface area contributed by atoms with Crippen LogP contribution < -0.4 is 10.6 Å². The molecule has 0 bridgehead atoms. The molecule has 0 spiro atoms. The van der Waals surface area contributed by atoms with Crippen LogP contribution in [0.3, 0.4) is 0 Å². The molecule has 0 unspecified atom stereocenters. The van der Waals surface area contributed by atoms with Gasteiger partial charge in [0.25, 0.3) is 0 Å². The standard InChI is InChI=1S/C10H22N4/c1-13-7-4-8-14(2)10(13)9-11-5-3-6-12-9/h9-12H,3-8H2,1-2H3. The molecule has 0 radical (unpaired) electrons. The second-order valence-corrected chi connectivity index (χ2v) is 4.47. The maximum Gasteiger partial charge on any atom is 0.0912 e. The van der Waals surface area contributed by atoms with Gasteiger partial charge < -0.3 is 0 Å². The zero-order valence-electron chi connectivity index (χ0n) is 9.29. The fraction of sp³-hybridized carbons (Fsp3) is 1.00. The number of nitrogens with zero attached hydrogens (tertiary/aromatic N) is 2. The monoisotopic (exact) mass is 198 g/mol. The number of nitrogens with one attached hydrogen (secondary N) is 2. The Morgan fingerprint density at radius 3 is 2.07 bits per heavy atom. The van der Waals surface area contributed by atoms with Gasteiger partial charge in [-0.05, 0) is 40.0 Å². The van der Waals surface area contributed by atoms with Crippen LogP contribution >= 0.6 is 0 Å². The number of hydrogen-bond acceptors (Lipinski definition) is 4. The fourth-order valence-electron chi connectivity index (χ4n) is 2.57. The Morgan fingerprint density at radius 1 is 0.929 bits per heavy atom. The van der Waals surface area contributed by atoms with E-state index in [1.165, 1.54) is 25.9 Å². The van der Waals surface area contributed by atoms with Gasteiger partial charge in [0, 0.05) is 13.1 Å². The zero-order valence-corrected chi connectivity index (χ0v) is 9.29. The first-order chi connectivity index (χ1) is 6.79. The molecule has 2 N–H and O–H groups in total. The van der Waals surface area contributed by atoms with E-state index >= 15 is 0 Å². The van der Waals surface area contributed by atoms with Gasteiger partial charge in [0.05, 0.1) is 12.3 Å². The molecule has 0 saturated carbocycles. The SMILES string of the molecule is CN1CCCN(C)C1C1NCCCN1. The number of rotatable bonds is 1. The molecule has 2 heterocycles. The third kappa shape index (κ3) is 2.08. The van der Waals surface area contributed by atoms with Crippen molar-refractivity contribution in [1.82, 2.24) is 20.4 Å². The van der Waals surface area contributed by atoms with Crippen molar-refractivity contribution in [2.24, 2.45) is 0 Å². The summed E-state index contributed by atoms with van der Waals surface area (Å²) in [6.07, 6.45) is 3.50. The molecule has 2 aliphatic rings. The van der Waals surface area contributed by atoms with Gasteiger partial charge in [-0.25, -0.2) is 0 Å². The van der Waals surface area contributed by atoms with Crippen molar-refractivity contribution in [3.05, 3.63) is 0 Å². The molecule has 0 aliphatic carbocycles. The minimum absolute atomic E-state index is 0.444. The summed E-state index contributed by atoms with van der Waals surface area (Å²) in [5.74, 6) is 0. The molecule has 0 aromatic carbocycles. The van der Waals surface area contributed by atoms with Crippen molar-refractivity contribution in [3.63, 3.8) is 0 Å². The minimum Gasteiger partial charge on any atom is -0.299 e. The summed E-state index contributed by atoms with van der Waals surface area (Å²) < 4.78 is 0. The van der Waals surface area contributed by atoms with Crippen molar-refractivity contribution in [1.29, 1.82) is 0 Å². The van der Waals surface area contributed by atoms with Crippen LogP contribution in [0.1, 0.15) is 12.8 Å². The Kier molecular flexibility index (Phi) is 3.38. The van der Waals surface area contributed by atoms with Crippen LogP contribution in [0.4, 0.5) is 0 Å². The van der Waals surface area contributed by atoms with Crippen LogP contribution in [-0.4, -0.2) is 62.4 Å². The first-order valence-electron chi connectivity index (χ1n) is 5.66. The van der Waals surface area contributed by atoms with E-state index in [4.69, 9.17) is 0 Å². The molecule has 2 rings (SSSR count). The van der Waals surface area contributed by atoms with Gasteiger partial charge in [0.15, 0.2) is 0 Å². The molecule has 2 fully saturated rings. The van der Waals surface area contributed by atoms with Crippen molar-refractivity contribution in [2.45, 2.75) is 25.2 Å². The Morgan fingerprint density at radius 2 is 1.50 bits per heavy atom. The van der Waals surface area contributed by atoms with E-state index in [-0.39, 0.29) is 0 Å². The van der Waals surface area contributed by atoms with Gasteiger partial charge in [-0.15, -0.1) is 0 Å². The van der Waals surface area contributed by atoms with Gasteiger partial charge in [0.2, 0.25) is 0 Å². The molecule has 2 saturated heterocycles. The molecule has 0 aromatic heterocycles. The number of likely N-dealkylation sites (N-methyl/N-ethyl adjacent to an activating group) is 2. The topological polar surface area (TPSA) is 30.5 Å². The molecule has 4 nitrogen and oxygen atoms in total. The van der Waals surface area contributed by atoms with E-state index in [2.05, 4.69) is 34.5 Å². The molecule has 82 valence electrons. The summed E-state index contributed by atoms with van der Waals surface area (Å²) in [7, 11) is 4.44. The molecule has 2 aliphatic heterocycles. The van der Waals surface area contributed by atoms with E-state index in [1.807, 2.05) is 0 Å². The third-order valence-electron chi connectivity index (χ3n) is 3.31. The molecular formula is C10H22N4. The van der Waals surface area contributed by atoms with Crippen molar-refractivity contribution >= 4 is 0 Å². The quantitative estimate of drug-likeness (QED) is 0.594. The smallest absolute Gasteiger partial charge is 0.0912 e. The first-order valence-corrected chi connectivity index (χ1v) is 5.66. The van der Waals surface area contributed by atoms with Crippen molar-refractivity contribution < 1.29 is 0 Å². The van der Waals surface area contributed by atoms with Gasteiger partial charge in [0.1, 0.15) is 0 Å². The van der Waals surface area contributed by atoms with Crippen molar-refractivity contribution in [2.75, 3.05) is 40.3 Å². The van der Waals surface area contributed by atoms with Crippen LogP contribution in [0.2, 0.25) is 0 Å². The second kappa shape index (κ2) is 4.57. The van der Waals surface area contributed by atoms with E-state index < -0.39 is 0 Å². The Bertz CT molecular complexity index is 169. The molecule has 0 atom stereocenters. The largest absolute Gasteiger partial charge is 0.299 e. The van der Waals surface area contributed by atoms with Gasteiger partial charge in [-0.1, -0.05) is 0 Å². The average molecular weight is 198 g/mol. The lowest BCUT2D eigenvalue weighted by atomic mass is 10.1. The second-order valence-electron chi connectivity index (χ2n) is 4.47. The first kappa shape index (κ1) is 10.4. The maximum atomic E-state index is 3.56. The predicted molar refractivity (Wildman–Crippen MR) is 58.1 cm³/mol. The maximum absolute atomic E-state index is 3.56. The highest BCUT2D eigenvalue weighted by Gasteiger charge is 2.31. The molecule has 0 amide bonds. The lowest BCUT2D eigenvalue weighted by Gasteiger charge is -2.45. The Labute approximate surface area is 86.6 Å². The predicted octanol–water partition coefficient (Wildman–Crippen LogP) is -0.511. The molecule has 14 heavy (non-hydrogen) atoms. The lowest BCUT2D eigenvalue weighted by Crippen LogP contribution is -2.66. The van der Waals surface area contributed by atoms with Crippen LogP contribution in [0.5, 0.6) is 0 Å². The lowest BCUT2D eigenvalue weighted by molar-refractivity contribution is 0.00160. The number of hydrogen-bond donors (Lipinski definition) is 2. The summed E-state index contributed by atoms with van der Waals surface area (Å²) in [5, 5.41) is 7.11. The summed E-state index contributed by atoms with van der Waals surface area (Å²) in [5.41, 5.74) is 0. The van der Waals surface area contributed by atoms with E-state index in [9.17, 15) is 0 Å². The summed E-state index contributed by atoms with van der Waals surface area (Å²) >= 11 is 0. The van der Waals surface area contributed by atoms with Crippen LogP contribution in [0, 0.1) is 0 Å². The van der Waals surface area contributed by atoms with E-state index in [0.29, 0.717) is 12.3 Å². The van der Waals surface area contributed by atoms with Gasteiger partial charge >= 0.3 is 0 Å². The summed E-state index contributed by atoms with van der Waals surface area (Å²) in [4.78, 5) is 4.89.